The molecule has 2 nitrogen and oxygen atoms in total. The molecule has 1 radical (unpaired) electrons. The van der Waals surface area contributed by atoms with E-state index in [-0.39, 0.29) is 5.82 Å². The minimum atomic E-state index is -0.284. The Hall–Kier alpha value is -1.61. The van der Waals surface area contributed by atoms with E-state index in [0.717, 1.165) is 0 Å². The van der Waals surface area contributed by atoms with Crippen LogP contribution in [-0.4, -0.2) is 4.98 Å². The van der Waals surface area contributed by atoms with Gasteiger partial charge in [0.15, 0.2) is 5.82 Å². The van der Waals surface area contributed by atoms with Crippen LogP contribution in [-0.2, 0) is 0 Å². The highest BCUT2D eigenvalue weighted by molar-refractivity contribution is 6.29. The first-order chi connectivity index (χ1) is 7.24. The van der Waals surface area contributed by atoms with Crippen molar-refractivity contribution in [3.8, 4) is 0 Å². The number of halogens is 2. The molecule has 0 amide bonds. The van der Waals surface area contributed by atoms with Crippen LogP contribution in [0.2, 0.25) is 5.15 Å². The molecule has 0 aliphatic rings. The zero-order valence-electron chi connectivity index (χ0n) is 7.69. The van der Waals surface area contributed by atoms with Crippen molar-refractivity contribution in [2.45, 2.75) is 0 Å². The molecule has 0 aliphatic carbocycles. The molecule has 1 aromatic carbocycles. The molecule has 4 heteroatoms. The SMILES string of the molecule is Fc1ccc([N]c2cccc(Cl)n2)cc1. The van der Waals surface area contributed by atoms with E-state index in [2.05, 4.69) is 10.3 Å². The molecule has 0 bridgehead atoms. The fourth-order valence-electron chi connectivity index (χ4n) is 1.11. The van der Waals surface area contributed by atoms with Crippen molar-refractivity contribution in [3.05, 3.63) is 53.4 Å². The third-order valence-electron chi connectivity index (χ3n) is 1.77. The van der Waals surface area contributed by atoms with Gasteiger partial charge in [-0.2, -0.15) is 0 Å². The highest BCUT2D eigenvalue weighted by atomic mass is 35.5. The quantitative estimate of drug-likeness (QED) is 0.714. The molecule has 0 aliphatic heterocycles. The molecule has 0 fully saturated rings. The predicted molar refractivity (Wildman–Crippen MR) is 57.1 cm³/mol. The van der Waals surface area contributed by atoms with E-state index in [9.17, 15) is 4.39 Å². The topological polar surface area (TPSA) is 27.0 Å². The van der Waals surface area contributed by atoms with Gasteiger partial charge in [-0.3, -0.25) is 0 Å². The molecule has 75 valence electrons. The molecule has 0 saturated heterocycles. The molecule has 0 N–H and O–H groups in total. The van der Waals surface area contributed by atoms with Gasteiger partial charge in [0, 0.05) is 0 Å². The molecular weight excluding hydrogens is 215 g/mol. The van der Waals surface area contributed by atoms with Crippen LogP contribution in [0.5, 0.6) is 0 Å². The fraction of sp³-hybridized carbons (Fsp3) is 0. The molecule has 0 atom stereocenters. The van der Waals surface area contributed by atoms with Gasteiger partial charge in [0.2, 0.25) is 0 Å². The van der Waals surface area contributed by atoms with E-state index in [1.165, 1.54) is 12.1 Å². The van der Waals surface area contributed by atoms with Crippen LogP contribution in [0.15, 0.2) is 42.5 Å². The molecular formula is C11H7ClFN2. The van der Waals surface area contributed by atoms with Gasteiger partial charge in [-0.15, -0.1) is 0 Å². The van der Waals surface area contributed by atoms with E-state index >= 15 is 0 Å². The maximum atomic E-state index is 12.6. The van der Waals surface area contributed by atoms with Crippen molar-refractivity contribution in [1.29, 1.82) is 0 Å². The molecule has 1 aromatic heterocycles. The van der Waals surface area contributed by atoms with Gasteiger partial charge in [-0.05, 0) is 36.4 Å². The Morgan fingerprint density at radius 3 is 2.47 bits per heavy atom. The first kappa shape index (κ1) is 9.93. The summed E-state index contributed by atoms with van der Waals surface area (Å²) in [6.07, 6.45) is 0. The molecule has 0 saturated carbocycles. The number of nitrogens with zero attached hydrogens (tertiary/aromatic N) is 2. The van der Waals surface area contributed by atoms with Crippen molar-refractivity contribution < 1.29 is 4.39 Å². The average Bonchev–Trinajstić information content (AvgIpc) is 2.22. The van der Waals surface area contributed by atoms with Crippen LogP contribution in [0.1, 0.15) is 0 Å². The van der Waals surface area contributed by atoms with Crippen LogP contribution in [0.4, 0.5) is 15.9 Å². The van der Waals surface area contributed by atoms with Crippen LogP contribution in [0.25, 0.3) is 0 Å². The summed E-state index contributed by atoms with van der Waals surface area (Å²) < 4.78 is 12.6. The second-order valence-corrected chi connectivity index (χ2v) is 3.29. The number of hydrogen-bond acceptors (Lipinski definition) is 1. The van der Waals surface area contributed by atoms with Crippen molar-refractivity contribution in [1.82, 2.24) is 10.3 Å². The number of pyridine rings is 1. The zero-order chi connectivity index (χ0) is 10.7. The molecule has 1 heterocycles. The molecule has 0 unspecified atom stereocenters. The van der Waals surface area contributed by atoms with Crippen LogP contribution in [0, 0.1) is 5.82 Å². The average molecular weight is 222 g/mol. The molecule has 0 spiro atoms. The lowest BCUT2D eigenvalue weighted by atomic mass is 10.3. The Kier molecular flexibility index (Phi) is 2.83. The van der Waals surface area contributed by atoms with Gasteiger partial charge < -0.3 is 0 Å². The zero-order valence-corrected chi connectivity index (χ0v) is 8.45. The first-order valence-corrected chi connectivity index (χ1v) is 4.72. The lowest BCUT2D eigenvalue weighted by Crippen LogP contribution is -1.91. The summed E-state index contributed by atoms with van der Waals surface area (Å²) >= 11 is 5.71. The summed E-state index contributed by atoms with van der Waals surface area (Å²) in [5, 5.41) is 4.57. The van der Waals surface area contributed by atoms with Crippen molar-refractivity contribution >= 4 is 23.1 Å². The minimum absolute atomic E-state index is 0.284. The Labute approximate surface area is 91.7 Å². The summed E-state index contributed by atoms with van der Waals surface area (Å²) in [5.41, 5.74) is 0.645. The largest absolute Gasteiger partial charge is 0.229 e. The molecule has 2 aromatic rings. The summed E-state index contributed by atoms with van der Waals surface area (Å²) in [6, 6.07) is 11.0. The van der Waals surface area contributed by atoms with E-state index in [1.807, 2.05) is 0 Å². The van der Waals surface area contributed by atoms with Gasteiger partial charge in [-0.1, -0.05) is 17.7 Å². The smallest absolute Gasteiger partial charge is 0.154 e. The fourth-order valence-corrected chi connectivity index (χ4v) is 1.27. The van der Waals surface area contributed by atoms with Crippen LogP contribution >= 0.6 is 11.6 Å². The van der Waals surface area contributed by atoms with Crippen molar-refractivity contribution in [2.24, 2.45) is 0 Å². The summed E-state index contributed by atoms with van der Waals surface area (Å²) in [5.74, 6) is 0.224. The summed E-state index contributed by atoms with van der Waals surface area (Å²) in [6.45, 7) is 0. The van der Waals surface area contributed by atoms with E-state index in [1.54, 1.807) is 30.3 Å². The Balaban J connectivity index is 2.18. The monoisotopic (exact) mass is 221 g/mol. The highest BCUT2D eigenvalue weighted by Gasteiger charge is 1.99. The third-order valence-corrected chi connectivity index (χ3v) is 1.98. The van der Waals surface area contributed by atoms with E-state index in [0.29, 0.717) is 16.7 Å². The maximum absolute atomic E-state index is 12.6. The van der Waals surface area contributed by atoms with E-state index in [4.69, 9.17) is 11.6 Å². The summed E-state index contributed by atoms with van der Waals surface area (Å²) in [4.78, 5) is 4.00. The van der Waals surface area contributed by atoms with Gasteiger partial charge in [0.25, 0.3) is 0 Å². The molecule has 15 heavy (non-hydrogen) atoms. The maximum Gasteiger partial charge on any atom is 0.154 e. The first-order valence-electron chi connectivity index (χ1n) is 4.34. The van der Waals surface area contributed by atoms with Crippen molar-refractivity contribution in [2.75, 3.05) is 0 Å². The standard InChI is InChI=1S/C11H7ClFN2/c12-10-2-1-3-11(15-10)14-9-6-4-8(13)5-7-9/h1-7H. The lowest BCUT2D eigenvalue weighted by Gasteiger charge is -2.01. The van der Waals surface area contributed by atoms with Gasteiger partial charge in [-0.25, -0.2) is 14.7 Å². The van der Waals surface area contributed by atoms with Crippen molar-refractivity contribution in [3.63, 3.8) is 0 Å². The van der Waals surface area contributed by atoms with Crippen LogP contribution in [0.3, 0.4) is 0 Å². The number of hydrogen-bond donors (Lipinski definition) is 0. The Bertz CT molecular complexity index is 456. The predicted octanol–water partition coefficient (Wildman–Crippen LogP) is 3.44. The van der Waals surface area contributed by atoms with Gasteiger partial charge >= 0.3 is 0 Å². The second-order valence-electron chi connectivity index (χ2n) is 2.91. The van der Waals surface area contributed by atoms with Gasteiger partial charge in [0.05, 0.1) is 5.69 Å². The number of rotatable bonds is 2. The summed E-state index contributed by atoms with van der Waals surface area (Å²) in [7, 11) is 0. The normalized spacial score (nSPS) is 10.0. The lowest BCUT2D eigenvalue weighted by molar-refractivity contribution is 0.627. The molecule has 2 rings (SSSR count). The third kappa shape index (κ3) is 2.67. The van der Waals surface area contributed by atoms with Crippen LogP contribution < -0.4 is 5.32 Å². The van der Waals surface area contributed by atoms with Gasteiger partial charge in [0.1, 0.15) is 11.0 Å². The Morgan fingerprint density at radius 2 is 1.80 bits per heavy atom. The number of benzene rings is 1. The Morgan fingerprint density at radius 1 is 1.07 bits per heavy atom. The van der Waals surface area contributed by atoms with E-state index < -0.39 is 0 Å². The highest BCUT2D eigenvalue weighted by Crippen LogP contribution is 2.16. The second kappa shape index (κ2) is 4.28. The minimum Gasteiger partial charge on any atom is -0.229 e. The number of aromatic nitrogens is 1.